The van der Waals surface area contributed by atoms with Crippen molar-refractivity contribution in [3.8, 4) is 0 Å². The fraction of sp³-hybridized carbons (Fsp3) is 0.444. The van der Waals surface area contributed by atoms with Crippen molar-refractivity contribution in [3.63, 3.8) is 0 Å². The Hall–Kier alpha value is -1.38. The van der Waals surface area contributed by atoms with E-state index >= 15 is 0 Å². The number of fused-ring (bicyclic) bond motifs is 1. The van der Waals surface area contributed by atoms with Crippen molar-refractivity contribution in [1.29, 1.82) is 0 Å². The van der Waals surface area contributed by atoms with Crippen LogP contribution < -0.4 is 0 Å². The van der Waals surface area contributed by atoms with Crippen LogP contribution in [-0.2, 0) is 0 Å². The highest BCUT2D eigenvalue weighted by atomic mass is 16.3. The molecule has 20 heavy (non-hydrogen) atoms. The van der Waals surface area contributed by atoms with Crippen LogP contribution in [0.4, 0.5) is 0 Å². The highest BCUT2D eigenvalue weighted by Crippen LogP contribution is 2.26. The van der Waals surface area contributed by atoms with E-state index in [0.717, 1.165) is 18.7 Å². The molecule has 0 saturated carbocycles. The molecule has 106 valence electrons. The summed E-state index contributed by atoms with van der Waals surface area (Å²) in [4.78, 5) is 2.42. The fourth-order valence-corrected chi connectivity index (χ4v) is 3.20. The topological polar surface area (TPSA) is 23.5 Å². The second-order valence-electron chi connectivity index (χ2n) is 5.89. The zero-order chi connectivity index (χ0) is 13.9. The molecule has 0 radical (unpaired) electrons. The van der Waals surface area contributed by atoms with Crippen LogP contribution in [0.3, 0.4) is 0 Å². The van der Waals surface area contributed by atoms with Crippen molar-refractivity contribution in [2.45, 2.75) is 38.3 Å². The van der Waals surface area contributed by atoms with Gasteiger partial charge in [0.2, 0.25) is 0 Å². The summed E-state index contributed by atoms with van der Waals surface area (Å²) >= 11 is 0. The third-order valence-corrected chi connectivity index (χ3v) is 4.54. The number of nitrogens with zero attached hydrogens (tertiary/aromatic N) is 1. The Labute approximate surface area is 121 Å². The van der Waals surface area contributed by atoms with Gasteiger partial charge in [-0.05, 0) is 55.3 Å². The van der Waals surface area contributed by atoms with Gasteiger partial charge in [0, 0.05) is 6.04 Å². The second-order valence-corrected chi connectivity index (χ2v) is 5.89. The summed E-state index contributed by atoms with van der Waals surface area (Å²) < 4.78 is 0. The summed E-state index contributed by atoms with van der Waals surface area (Å²) in [6, 6.07) is 14.8. The maximum absolute atomic E-state index is 10.7. The number of benzene rings is 2. The summed E-state index contributed by atoms with van der Waals surface area (Å²) in [5.41, 5.74) is 1.03. The normalized spacial score (nSPS) is 19.9. The van der Waals surface area contributed by atoms with Crippen LogP contribution in [0.5, 0.6) is 0 Å². The van der Waals surface area contributed by atoms with E-state index in [-0.39, 0.29) is 6.04 Å². The first-order valence-electron chi connectivity index (χ1n) is 7.66. The smallest absolute Gasteiger partial charge is 0.0942 e. The van der Waals surface area contributed by atoms with Crippen molar-refractivity contribution in [2.24, 2.45) is 0 Å². The number of hydrogen-bond acceptors (Lipinski definition) is 2. The minimum absolute atomic E-state index is 0.191. The molecule has 2 nitrogen and oxygen atoms in total. The average Bonchev–Trinajstić information content (AvgIpc) is 2.54. The summed E-state index contributed by atoms with van der Waals surface area (Å²) in [6.07, 6.45) is 3.44. The van der Waals surface area contributed by atoms with Crippen molar-refractivity contribution in [2.75, 3.05) is 13.1 Å². The minimum atomic E-state index is -0.405. The predicted octanol–water partition coefficient (Wildman–Crippen LogP) is 3.75. The molecule has 0 aromatic heterocycles. The third kappa shape index (κ3) is 2.72. The molecule has 2 unspecified atom stereocenters. The van der Waals surface area contributed by atoms with Gasteiger partial charge in [0.15, 0.2) is 0 Å². The van der Waals surface area contributed by atoms with Crippen LogP contribution >= 0.6 is 0 Å². The molecule has 1 heterocycles. The maximum Gasteiger partial charge on any atom is 0.0942 e. The number of aliphatic hydroxyl groups excluding tert-OH is 1. The van der Waals surface area contributed by atoms with Crippen molar-refractivity contribution in [1.82, 2.24) is 4.90 Å². The molecule has 1 N–H and O–H groups in total. The molecule has 3 rings (SSSR count). The molecule has 1 aliphatic rings. The molecule has 2 heteroatoms. The lowest BCUT2D eigenvalue weighted by molar-refractivity contribution is 0.0472. The van der Waals surface area contributed by atoms with Gasteiger partial charge in [-0.15, -0.1) is 0 Å². The summed E-state index contributed by atoms with van der Waals surface area (Å²) in [5.74, 6) is 0. The number of aliphatic hydroxyl groups is 1. The highest BCUT2D eigenvalue weighted by molar-refractivity contribution is 5.83. The Bertz CT molecular complexity index is 574. The molecule has 1 saturated heterocycles. The first-order chi connectivity index (χ1) is 9.75. The molecule has 0 amide bonds. The number of likely N-dealkylation sites (tertiary alicyclic amines) is 1. The van der Waals surface area contributed by atoms with Crippen LogP contribution in [0, 0.1) is 0 Å². The Morgan fingerprint density at radius 2 is 1.65 bits per heavy atom. The lowest BCUT2D eigenvalue weighted by Crippen LogP contribution is -2.40. The van der Waals surface area contributed by atoms with Crippen LogP contribution in [0.25, 0.3) is 10.8 Å². The van der Waals surface area contributed by atoms with E-state index in [0.29, 0.717) is 0 Å². The van der Waals surface area contributed by atoms with Crippen molar-refractivity contribution < 1.29 is 5.11 Å². The van der Waals surface area contributed by atoms with Crippen LogP contribution in [-0.4, -0.2) is 29.1 Å². The van der Waals surface area contributed by atoms with Crippen LogP contribution in [0.2, 0.25) is 0 Å². The van der Waals surface area contributed by atoms with Crippen LogP contribution in [0.1, 0.15) is 37.9 Å². The molecule has 0 spiro atoms. The predicted molar refractivity (Wildman–Crippen MR) is 83.8 cm³/mol. The van der Waals surface area contributed by atoms with E-state index in [9.17, 15) is 5.11 Å². The van der Waals surface area contributed by atoms with E-state index < -0.39 is 6.10 Å². The summed E-state index contributed by atoms with van der Waals surface area (Å²) in [7, 11) is 0. The molecule has 2 atom stereocenters. The van der Waals surface area contributed by atoms with E-state index in [1.807, 2.05) is 6.07 Å². The fourth-order valence-electron chi connectivity index (χ4n) is 3.20. The first kappa shape index (κ1) is 13.6. The first-order valence-corrected chi connectivity index (χ1v) is 7.66. The van der Waals surface area contributed by atoms with Gasteiger partial charge in [-0.1, -0.05) is 42.8 Å². The van der Waals surface area contributed by atoms with Crippen molar-refractivity contribution >= 4 is 10.8 Å². The standard InChI is InChI=1S/C18H23NO/c1-14(19-11-5-2-6-12-19)18(20)17-10-9-15-7-3-4-8-16(15)13-17/h3-4,7-10,13-14,18,20H,2,5-6,11-12H2,1H3. The van der Waals surface area contributed by atoms with Gasteiger partial charge in [0.25, 0.3) is 0 Å². The van der Waals surface area contributed by atoms with E-state index in [1.165, 1.54) is 30.0 Å². The monoisotopic (exact) mass is 269 g/mol. The summed E-state index contributed by atoms with van der Waals surface area (Å²) in [6.45, 7) is 4.38. The molecule has 2 aromatic carbocycles. The van der Waals surface area contributed by atoms with Gasteiger partial charge in [0.05, 0.1) is 6.10 Å². The quantitative estimate of drug-likeness (QED) is 0.917. The van der Waals surface area contributed by atoms with Gasteiger partial charge < -0.3 is 5.11 Å². The molecular weight excluding hydrogens is 246 g/mol. The SMILES string of the molecule is CC(C(O)c1ccc2ccccc2c1)N1CCCCC1. The summed E-state index contributed by atoms with van der Waals surface area (Å²) in [5, 5.41) is 13.1. The number of piperidine rings is 1. The Balaban J connectivity index is 1.81. The van der Waals surface area contributed by atoms with E-state index in [4.69, 9.17) is 0 Å². The Kier molecular flexibility index (Phi) is 4.04. The average molecular weight is 269 g/mol. The van der Waals surface area contributed by atoms with Gasteiger partial charge in [-0.2, -0.15) is 0 Å². The third-order valence-electron chi connectivity index (χ3n) is 4.54. The van der Waals surface area contributed by atoms with Gasteiger partial charge in [-0.25, -0.2) is 0 Å². The molecule has 1 aliphatic heterocycles. The zero-order valence-electron chi connectivity index (χ0n) is 12.1. The number of hydrogen-bond donors (Lipinski definition) is 1. The highest BCUT2D eigenvalue weighted by Gasteiger charge is 2.24. The van der Waals surface area contributed by atoms with Gasteiger partial charge in [0.1, 0.15) is 0 Å². The molecule has 1 fully saturated rings. The Morgan fingerprint density at radius 1 is 0.950 bits per heavy atom. The number of rotatable bonds is 3. The largest absolute Gasteiger partial charge is 0.387 e. The molecule has 0 aliphatic carbocycles. The minimum Gasteiger partial charge on any atom is -0.387 e. The van der Waals surface area contributed by atoms with Gasteiger partial charge >= 0.3 is 0 Å². The zero-order valence-corrected chi connectivity index (χ0v) is 12.1. The Morgan fingerprint density at radius 3 is 2.40 bits per heavy atom. The maximum atomic E-state index is 10.7. The van der Waals surface area contributed by atoms with E-state index in [1.54, 1.807) is 0 Å². The van der Waals surface area contributed by atoms with E-state index in [2.05, 4.69) is 48.2 Å². The van der Waals surface area contributed by atoms with Crippen molar-refractivity contribution in [3.05, 3.63) is 48.0 Å². The lowest BCUT2D eigenvalue weighted by atomic mass is 9.97. The molecular formula is C18H23NO. The van der Waals surface area contributed by atoms with Gasteiger partial charge in [-0.3, -0.25) is 4.90 Å². The second kappa shape index (κ2) is 5.94. The molecule has 0 bridgehead atoms. The molecule has 2 aromatic rings. The lowest BCUT2D eigenvalue weighted by Gasteiger charge is -2.35. The van der Waals surface area contributed by atoms with Crippen LogP contribution in [0.15, 0.2) is 42.5 Å².